The van der Waals surface area contributed by atoms with E-state index in [0.717, 1.165) is 36.3 Å². The van der Waals surface area contributed by atoms with E-state index in [0.29, 0.717) is 22.9 Å². The average molecular weight is 653 g/mol. The number of thioether (sulfide) groups is 1. The summed E-state index contributed by atoms with van der Waals surface area (Å²) in [7, 11) is 2.18. The summed E-state index contributed by atoms with van der Waals surface area (Å²) in [5.41, 5.74) is 3.02. The number of hydrogen-bond donors (Lipinski definition) is 0. The second kappa shape index (κ2) is 17.8. The summed E-state index contributed by atoms with van der Waals surface area (Å²) in [5, 5.41) is 0.444. The van der Waals surface area contributed by atoms with E-state index in [-0.39, 0.29) is 23.3 Å². The Labute approximate surface area is 274 Å². The van der Waals surface area contributed by atoms with Crippen LogP contribution in [-0.4, -0.2) is 70.3 Å². The smallest absolute Gasteiger partial charge is 0.277 e. The number of benzene rings is 2. The van der Waals surface area contributed by atoms with Crippen LogP contribution in [0.5, 0.6) is 0 Å². The van der Waals surface area contributed by atoms with Crippen molar-refractivity contribution < 1.29 is 9.18 Å². The van der Waals surface area contributed by atoms with E-state index in [1.807, 2.05) is 20.8 Å². The lowest BCUT2D eigenvalue weighted by atomic mass is 9.95. The molecule has 5 rings (SSSR count). The Balaban J connectivity index is 0.000000305. The average Bonchev–Trinajstić information content (AvgIpc) is 3.04. The van der Waals surface area contributed by atoms with Gasteiger partial charge in [-0.2, -0.15) is 4.98 Å². The molecule has 8 nitrogen and oxygen atoms in total. The normalized spacial score (nSPS) is 13.3. The Kier molecular flexibility index (Phi) is 14.2. The number of halogens is 2. The standard InChI is InChI=1S/C22H23FN4O2S.C11H16N2.CH3Cl/c1-22(2,3)20-24-11-16(12-25-20)10-17-13-27(8-9-28)21(26-19(17)29)30-14-15-4-6-18(23)7-5-15;1-12-7-9-13(10-8-12)11-5-3-2-4-6-11;1-2/h4-7,9,11-13H,8,10,14H2,1-3H3;2-6H,7-10H2,1H3;1H3. The minimum Gasteiger partial charge on any atom is -0.369 e. The maximum Gasteiger partial charge on any atom is 0.277 e. The van der Waals surface area contributed by atoms with Crippen LogP contribution in [0.2, 0.25) is 0 Å². The van der Waals surface area contributed by atoms with Crippen LogP contribution in [-0.2, 0) is 28.9 Å². The molecule has 0 bridgehead atoms. The quantitative estimate of drug-likeness (QED) is 0.102. The summed E-state index contributed by atoms with van der Waals surface area (Å²) in [6.45, 7) is 10.8. The first-order chi connectivity index (χ1) is 21.6. The van der Waals surface area contributed by atoms with E-state index in [1.165, 1.54) is 49.1 Å². The van der Waals surface area contributed by atoms with Crippen LogP contribution in [0.15, 0.2) is 83.1 Å². The number of alkyl halides is 1. The molecular formula is C34H42ClFN6O2S. The first-order valence-electron chi connectivity index (χ1n) is 14.7. The van der Waals surface area contributed by atoms with Gasteiger partial charge >= 0.3 is 0 Å². The number of carbonyl (C=O) groups is 1. The first kappa shape index (κ1) is 35.9. The third-order valence-electron chi connectivity index (χ3n) is 6.98. The largest absolute Gasteiger partial charge is 0.369 e. The van der Waals surface area contributed by atoms with Crippen molar-refractivity contribution in [2.45, 2.75) is 50.1 Å². The van der Waals surface area contributed by atoms with Crippen molar-refractivity contribution in [3.05, 3.63) is 112 Å². The molecule has 45 heavy (non-hydrogen) atoms. The molecular weight excluding hydrogens is 611 g/mol. The van der Waals surface area contributed by atoms with Gasteiger partial charge in [0.25, 0.3) is 5.56 Å². The molecule has 240 valence electrons. The van der Waals surface area contributed by atoms with Crippen molar-refractivity contribution in [3.63, 3.8) is 0 Å². The summed E-state index contributed by atoms with van der Waals surface area (Å²) in [4.78, 5) is 41.5. The number of piperazine rings is 1. The second-order valence-electron chi connectivity index (χ2n) is 11.6. The van der Waals surface area contributed by atoms with Crippen LogP contribution in [0.4, 0.5) is 10.1 Å². The van der Waals surface area contributed by atoms with E-state index in [4.69, 9.17) is 0 Å². The molecule has 0 saturated carbocycles. The van der Waals surface area contributed by atoms with E-state index in [9.17, 15) is 14.0 Å². The highest BCUT2D eigenvalue weighted by Gasteiger charge is 2.17. The molecule has 0 aliphatic carbocycles. The number of rotatable bonds is 8. The first-order valence-corrected chi connectivity index (χ1v) is 16.5. The number of carbonyl (C=O) groups excluding carboxylic acids is 1. The van der Waals surface area contributed by atoms with Crippen molar-refractivity contribution >= 4 is 35.3 Å². The Morgan fingerprint density at radius 3 is 2.13 bits per heavy atom. The van der Waals surface area contributed by atoms with Gasteiger partial charge in [0.15, 0.2) is 5.16 Å². The van der Waals surface area contributed by atoms with Gasteiger partial charge in [-0.15, -0.1) is 11.6 Å². The zero-order valence-corrected chi connectivity index (χ0v) is 28.2. The van der Waals surface area contributed by atoms with Gasteiger partial charge in [-0.05, 0) is 42.4 Å². The number of para-hydroxylation sites is 1. The molecule has 3 heterocycles. The molecule has 4 aromatic rings. The van der Waals surface area contributed by atoms with Crippen LogP contribution in [0, 0.1) is 5.82 Å². The molecule has 1 aliphatic rings. The predicted octanol–water partition coefficient (Wildman–Crippen LogP) is 5.85. The van der Waals surface area contributed by atoms with Crippen molar-refractivity contribution in [2.75, 3.05) is 44.5 Å². The molecule has 1 saturated heterocycles. The minimum atomic E-state index is -0.348. The lowest BCUT2D eigenvalue weighted by Gasteiger charge is -2.33. The number of hydrogen-bond acceptors (Lipinski definition) is 8. The third-order valence-corrected chi connectivity index (χ3v) is 8.04. The fourth-order valence-electron chi connectivity index (χ4n) is 4.45. The highest BCUT2D eigenvalue weighted by molar-refractivity contribution is 7.98. The Bertz CT molecular complexity index is 1520. The molecule has 0 unspecified atom stereocenters. The second-order valence-corrected chi connectivity index (χ2v) is 12.5. The maximum atomic E-state index is 13.1. The van der Waals surface area contributed by atoms with E-state index < -0.39 is 0 Å². The zero-order valence-electron chi connectivity index (χ0n) is 26.6. The summed E-state index contributed by atoms with van der Waals surface area (Å²) >= 11 is 5.96. The fourth-order valence-corrected chi connectivity index (χ4v) is 5.38. The predicted molar refractivity (Wildman–Crippen MR) is 182 cm³/mol. The molecule has 0 radical (unpaired) electrons. The van der Waals surface area contributed by atoms with Gasteiger partial charge in [0.05, 0.1) is 6.54 Å². The molecule has 1 aliphatic heterocycles. The molecule has 11 heteroatoms. The summed E-state index contributed by atoms with van der Waals surface area (Å²) in [6.07, 6.45) is 7.66. The Morgan fingerprint density at radius 1 is 0.933 bits per heavy atom. The van der Waals surface area contributed by atoms with Gasteiger partial charge in [-0.25, -0.2) is 14.4 Å². The molecule has 2 aromatic heterocycles. The van der Waals surface area contributed by atoms with Crippen LogP contribution in [0.25, 0.3) is 0 Å². The number of aldehydes is 1. The van der Waals surface area contributed by atoms with E-state index in [1.54, 1.807) is 35.3 Å². The molecule has 1 fully saturated rings. The lowest BCUT2D eigenvalue weighted by Crippen LogP contribution is -2.44. The number of nitrogens with zero attached hydrogens (tertiary/aromatic N) is 6. The molecule has 0 spiro atoms. The summed E-state index contributed by atoms with van der Waals surface area (Å²) in [5.74, 6) is 0.936. The lowest BCUT2D eigenvalue weighted by molar-refractivity contribution is -0.108. The van der Waals surface area contributed by atoms with Gasteiger partial charge in [0, 0.05) is 80.0 Å². The Morgan fingerprint density at radius 2 is 1.56 bits per heavy atom. The number of aromatic nitrogens is 4. The highest BCUT2D eigenvalue weighted by Crippen LogP contribution is 2.22. The highest BCUT2D eigenvalue weighted by atomic mass is 35.5. The van der Waals surface area contributed by atoms with Gasteiger partial charge in [0.1, 0.15) is 17.9 Å². The summed E-state index contributed by atoms with van der Waals surface area (Å²) in [6, 6.07) is 16.8. The van der Waals surface area contributed by atoms with Crippen molar-refractivity contribution in [2.24, 2.45) is 0 Å². The van der Waals surface area contributed by atoms with Crippen molar-refractivity contribution in [1.82, 2.24) is 24.4 Å². The maximum absolute atomic E-state index is 13.1. The van der Waals surface area contributed by atoms with Crippen molar-refractivity contribution in [3.8, 4) is 0 Å². The van der Waals surface area contributed by atoms with Gasteiger partial charge < -0.3 is 19.2 Å². The van der Waals surface area contributed by atoms with Crippen LogP contribution in [0.3, 0.4) is 0 Å². The van der Waals surface area contributed by atoms with Crippen LogP contribution in [0.1, 0.15) is 43.3 Å². The van der Waals surface area contributed by atoms with Crippen LogP contribution >= 0.6 is 23.4 Å². The number of likely N-dealkylation sites (N-methyl/N-ethyl adjacent to an activating group) is 1. The molecule has 0 amide bonds. The Hall–Kier alpha value is -3.60. The monoisotopic (exact) mass is 652 g/mol. The van der Waals surface area contributed by atoms with Crippen molar-refractivity contribution in [1.29, 1.82) is 0 Å². The number of anilines is 1. The van der Waals surface area contributed by atoms with Gasteiger partial charge in [-0.3, -0.25) is 4.79 Å². The molecule has 0 N–H and O–H groups in total. The molecule has 0 atom stereocenters. The van der Waals surface area contributed by atoms with Crippen LogP contribution < -0.4 is 10.5 Å². The minimum absolute atomic E-state index is 0.0888. The SMILES string of the molecule is CC(C)(C)c1ncc(Cc2cn(CC=O)c(SCc3ccc(F)cc3)nc2=O)cn1.CCl.CN1CCN(c2ccccc2)CC1. The summed E-state index contributed by atoms with van der Waals surface area (Å²) < 4.78 is 14.7. The van der Waals surface area contributed by atoms with E-state index in [2.05, 4.69) is 73.7 Å². The van der Waals surface area contributed by atoms with E-state index >= 15 is 0 Å². The van der Waals surface area contributed by atoms with Gasteiger partial charge in [-0.1, -0.05) is 62.9 Å². The topological polar surface area (TPSA) is 84.2 Å². The fraction of sp³-hybridized carbons (Fsp3) is 0.382. The third kappa shape index (κ3) is 11.4. The zero-order chi connectivity index (χ0) is 32.8. The molecule has 2 aromatic carbocycles. The van der Waals surface area contributed by atoms with Gasteiger partial charge in [0.2, 0.25) is 0 Å².